The van der Waals surface area contributed by atoms with Crippen molar-refractivity contribution < 1.29 is 23.9 Å². The van der Waals surface area contributed by atoms with Crippen LogP contribution in [-0.2, 0) is 19.1 Å². The van der Waals surface area contributed by atoms with Crippen LogP contribution in [0, 0.1) is 11.8 Å². The monoisotopic (exact) mass is 343 g/mol. The topological polar surface area (TPSA) is 81.7 Å². The Morgan fingerprint density at radius 1 is 1.20 bits per heavy atom. The Kier molecular flexibility index (Phi) is 4.61. The van der Waals surface area contributed by atoms with E-state index in [0.29, 0.717) is 23.4 Å². The third-order valence-corrected chi connectivity index (χ3v) is 4.95. The van der Waals surface area contributed by atoms with Crippen molar-refractivity contribution in [3.8, 4) is 5.75 Å². The molecule has 1 aromatic carbocycles. The van der Waals surface area contributed by atoms with Crippen molar-refractivity contribution in [1.82, 2.24) is 5.32 Å². The highest BCUT2D eigenvalue weighted by Gasteiger charge is 2.45. The molecule has 0 saturated carbocycles. The summed E-state index contributed by atoms with van der Waals surface area (Å²) in [6, 6.07) is 7.33. The normalized spacial score (nSPS) is 26.0. The summed E-state index contributed by atoms with van der Waals surface area (Å²) in [4.78, 5) is 37.3. The summed E-state index contributed by atoms with van der Waals surface area (Å²) in [5.74, 6) is -1.67. The number of ketones is 1. The SMILES string of the molecule is COC(=O)C1C(=O)C2=C(CC1C)NC(=O)CC2c1cccc(OC)c1. The average Bonchev–Trinajstić information content (AvgIpc) is 2.60. The number of benzene rings is 1. The van der Waals surface area contributed by atoms with Crippen LogP contribution in [-0.4, -0.2) is 31.9 Å². The molecule has 0 radical (unpaired) electrons. The first-order valence-electron chi connectivity index (χ1n) is 8.25. The van der Waals surface area contributed by atoms with Gasteiger partial charge in [-0.1, -0.05) is 19.1 Å². The number of nitrogens with one attached hydrogen (secondary N) is 1. The van der Waals surface area contributed by atoms with Gasteiger partial charge in [-0.05, 0) is 30.0 Å². The number of methoxy groups -OCH3 is 2. The van der Waals surface area contributed by atoms with Gasteiger partial charge in [-0.25, -0.2) is 0 Å². The molecule has 1 aromatic rings. The van der Waals surface area contributed by atoms with Crippen LogP contribution in [0.3, 0.4) is 0 Å². The molecule has 3 atom stereocenters. The fourth-order valence-electron chi connectivity index (χ4n) is 3.74. The molecule has 0 spiro atoms. The van der Waals surface area contributed by atoms with Crippen molar-refractivity contribution >= 4 is 17.7 Å². The number of rotatable bonds is 3. The molecule has 0 aromatic heterocycles. The van der Waals surface area contributed by atoms with Gasteiger partial charge in [0.2, 0.25) is 5.91 Å². The molecule has 0 fully saturated rings. The summed E-state index contributed by atoms with van der Waals surface area (Å²) in [6.07, 6.45) is 0.632. The predicted octanol–water partition coefficient (Wildman–Crippen LogP) is 1.95. The maximum atomic E-state index is 13.1. The van der Waals surface area contributed by atoms with Crippen molar-refractivity contribution in [1.29, 1.82) is 0 Å². The zero-order valence-corrected chi connectivity index (χ0v) is 14.5. The van der Waals surface area contributed by atoms with Gasteiger partial charge in [0, 0.05) is 23.6 Å². The van der Waals surface area contributed by atoms with E-state index < -0.39 is 11.9 Å². The van der Waals surface area contributed by atoms with Crippen LogP contribution >= 0.6 is 0 Å². The van der Waals surface area contributed by atoms with E-state index in [9.17, 15) is 14.4 Å². The van der Waals surface area contributed by atoms with Gasteiger partial charge in [-0.2, -0.15) is 0 Å². The minimum Gasteiger partial charge on any atom is -0.497 e. The minimum atomic E-state index is -0.827. The number of allylic oxidation sites excluding steroid dienone is 2. The van der Waals surface area contributed by atoms with Gasteiger partial charge in [-0.15, -0.1) is 0 Å². The van der Waals surface area contributed by atoms with E-state index in [4.69, 9.17) is 9.47 Å². The van der Waals surface area contributed by atoms with Crippen LogP contribution in [0.2, 0.25) is 0 Å². The van der Waals surface area contributed by atoms with Crippen LogP contribution in [0.15, 0.2) is 35.5 Å². The van der Waals surface area contributed by atoms with Gasteiger partial charge >= 0.3 is 5.97 Å². The Hall–Kier alpha value is -2.63. The lowest BCUT2D eigenvalue weighted by atomic mass is 9.70. The zero-order chi connectivity index (χ0) is 18.1. The molecule has 25 heavy (non-hydrogen) atoms. The van der Waals surface area contributed by atoms with E-state index >= 15 is 0 Å². The number of amides is 1. The molecule has 1 aliphatic heterocycles. The van der Waals surface area contributed by atoms with Crippen molar-refractivity contribution in [2.24, 2.45) is 11.8 Å². The molecule has 2 aliphatic rings. The molecule has 3 rings (SSSR count). The molecular weight excluding hydrogens is 322 g/mol. The van der Waals surface area contributed by atoms with Gasteiger partial charge in [0.05, 0.1) is 14.2 Å². The summed E-state index contributed by atoms with van der Waals surface area (Å²) < 4.78 is 10.1. The van der Waals surface area contributed by atoms with E-state index in [1.54, 1.807) is 7.11 Å². The van der Waals surface area contributed by atoms with Crippen molar-refractivity contribution in [3.63, 3.8) is 0 Å². The Bertz CT molecular complexity index is 767. The second kappa shape index (κ2) is 6.70. The van der Waals surface area contributed by atoms with Crippen molar-refractivity contribution in [3.05, 3.63) is 41.1 Å². The van der Waals surface area contributed by atoms with E-state index in [2.05, 4.69) is 5.32 Å². The Morgan fingerprint density at radius 2 is 1.96 bits per heavy atom. The van der Waals surface area contributed by atoms with Crippen LogP contribution < -0.4 is 10.1 Å². The summed E-state index contributed by atoms with van der Waals surface area (Å²) in [5.41, 5.74) is 1.97. The van der Waals surface area contributed by atoms with Crippen molar-refractivity contribution in [2.75, 3.05) is 14.2 Å². The van der Waals surface area contributed by atoms with Gasteiger partial charge in [0.1, 0.15) is 11.7 Å². The van der Waals surface area contributed by atoms with Gasteiger partial charge in [-0.3, -0.25) is 14.4 Å². The molecule has 1 amide bonds. The van der Waals surface area contributed by atoms with E-state index in [0.717, 1.165) is 5.56 Å². The molecular formula is C19H21NO5. The summed E-state index contributed by atoms with van der Waals surface area (Å²) in [6.45, 7) is 1.82. The number of esters is 1. The molecule has 3 unspecified atom stereocenters. The lowest BCUT2D eigenvalue weighted by molar-refractivity contribution is -0.151. The predicted molar refractivity (Wildman–Crippen MR) is 89.8 cm³/mol. The lowest BCUT2D eigenvalue weighted by Crippen LogP contribution is -2.44. The third kappa shape index (κ3) is 3.04. The Balaban J connectivity index is 2.07. The van der Waals surface area contributed by atoms with Crippen molar-refractivity contribution in [2.45, 2.75) is 25.7 Å². The zero-order valence-electron chi connectivity index (χ0n) is 14.5. The number of hydrogen-bond donors (Lipinski definition) is 1. The number of carbonyl (C=O) groups is 3. The second-order valence-corrected chi connectivity index (χ2v) is 6.52. The Labute approximate surface area is 146 Å². The summed E-state index contributed by atoms with van der Waals surface area (Å²) in [5, 5.41) is 2.82. The van der Waals surface area contributed by atoms with Gasteiger partial charge < -0.3 is 14.8 Å². The highest BCUT2D eigenvalue weighted by atomic mass is 16.5. The largest absolute Gasteiger partial charge is 0.497 e. The highest BCUT2D eigenvalue weighted by molar-refractivity contribution is 6.11. The number of carbonyl (C=O) groups excluding carboxylic acids is 3. The fraction of sp³-hybridized carbons (Fsp3) is 0.421. The van der Waals surface area contributed by atoms with Crippen LogP contribution in [0.4, 0.5) is 0 Å². The lowest BCUT2D eigenvalue weighted by Gasteiger charge is -2.36. The van der Waals surface area contributed by atoms with Crippen LogP contribution in [0.1, 0.15) is 31.2 Å². The van der Waals surface area contributed by atoms with Gasteiger partial charge in [0.15, 0.2) is 5.78 Å². The summed E-state index contributed by atoms with van der Waals surface area (Å²) in [7, 11) is 2.85. The number of hydrogen-bond acceptors (Lipinski definition) is 5. The first-order valence-corrected chi connectivity index (χ1v) is 8.25. The summed E-state index contributed by atoms with van der Waals surface area (Å²) >= 11 is 0. The van der Waals surface area contributed by atoms with E-state index in [1.807, 2.05) is 31.2 Å². The highest BCUT2D eigenvalue weighted by Crippen LogP contribution is 2.42. The maximum absolute atomic E-state index is 13.1. The molecule has 1 heterocycles. The van der Waals surface area contributed by atoms with E-state index in [-0.39, 0.29) is 29.9 Å². The Morgan fingerprint density at radius 3 is 2.64 bits per heavy atom. The molecule has 0 saturated heterocycles. The third-order valence-electron chi connectivity index (χ3n) is 4.95. The molecule has 0 bridgehead atoms. The van der Waals surface area contributed by atoms with Crippen LogP contribution in [0.25, 0.3) is 0 Å². The maximum Gasteiger partial charge on any atom is 0.316 e. The molecule has 1 aliphatic carbocycles. The number of Topliss-reactive ketones (excluding diaryl/α,β-unsaturated/α-hetero) is 1. The number of ether oxygens (including phenoxy) is 2. The molecule has 6 heteroatoms. The molecule has 132 valence electrons. The smallest absolute Gasteiger partial charge is 0.316 e. The van der Waals surface area contributed by atoms with Gasteiger partial charge in [0.25, 0.3) is 0 Å². The second-order valence-electron chi connectivity index (χ2n) is 6.52. The average molecular weight is 343 g/mol. The van der Waals surface area contributed by atoms with Crippen LogP contribution in [0.5, 0.6) is 5.75 Å². The fourth-order valence-corrected chi connectivity index (χ4v) is 3.74. The quantitative estimate of drug-likeness (QED) is 0.670. The first kappa shape index (κ1) is 17.2. The molecule has 1 N–H and O–H groups in total. The standard InChI is InChI=1S/C19H21NO5/c1-10-7-14-17(18(22)16(10)19(23)25-3)13(9-15(21)20-14)11-5-4-6-12(8-11)24-2/h4-6,8,10,13,16H,7,9H2,1-3H3,(H,20,21). The minimum absolute atomic E-state index is 0.122. The first-order chi connectivity index (χ1) is 12.0. The molecule has 6 nitrogen and oxygen atoms in total. The van der Waals surface area contributed by atoms with E-state index in [1.165, 1.54) is 7.11 Å².